The smallest absolute Gasteiger partial charge is 0.348 e. The van der Waals surface area contributed by atoms with Crippen LogP contribution < -0.4 is 11.0 Å². The van der Waals surface area contributed by atoms with Crippen LogP contribution in [0.3, 0.4) is 0 Å². The van der Waals surface area contributed by atoms with Crippen molar-refractivity contribution in [2.75, 3.05) is 11.9 Å². The van der Waals surface area contributed by atoms with Crippen molar-refractivity contribution in [2.24, 2.45) is 0 Å². The fourth-order valence-electron chi connectivity index (χ4n) is 1.09. The Morgan fingerprint density at radius 3 is 3.27 bits per heavy atom. The fraction of sp³-hybridized carbons (Fsp3) is 0.125. The number of nitrogens with one attached hydrogen (secondary N) is 2. The lowest BCUT2D eigenvalue weighted by molar-refractivity contribution is 0.995. The van der Waals surface area contributed by atoms with Crippen LogP contribution in [-0.2, 0) is 0 Å². The molecule has 0 saturated carbocycles. The molecule has 0 fully saturated rings. The second-order valence-corrected chi connectivity index (χ2v) is 4.02. The molecule has 2 N–H and O–H groups in total. The van der Waals surface area contributed by atoms with Crippen molar-refractivity contribution in [3.63, 3.8) is 0 Å². The molecule has 0 bridgehead atoms. The Kier molecular flexibility index (Phi) is 2.55. The highest BCUT2D eigenvalue weighted by Crippen LogP contribution is 2.06. The van der Waals surface area contributed by atoms with Crippen LogP contribution >= 0.6 is 15.9 Å². The summed E-state index contributed by atoms with van der Waals surface area (Å²) in [7, 11) is 0. The van der Waals surface area contributed by atoms with Crippen molar-refractivity contribution in [3.05, 3.63) is 33.9 Å². The van der Waals surface area contributed by atoms with Gasteiger partial charge in [0, 0.05) is 17.1 Å². The van der Waals surface area contributed by atoms with Crippen LogP contribution in [0.2, 0.25) is 0 Å². The van der Waals surface area contributed by atoms with Gasteiger partial charge in [-0.15, -0.1) is 0 Å². The monoisotopic (exact) mass is 269 g/mol. The summed E-state index contributed by atoms with van der Waals surface area (Å²) in [4.78, 5) is 15.2. The third kappa shape index (κ3) is 2.07. The molecule has 0 saturated heterocycles. The van der Waals surface area contributed by atoms with Gasteiger partial charge >= 0.3 is 5.69 Å². The summed E-state index contributed by atoms with van der Waals surface area (Å²) in [5.41, 5.74) is 0.228. The number of H-pyrrole nitrogens is 1. The van der Waals surface area contributed by atoms with Crippen molar-refractivity contribution in [1.82, 2.24) is 19.6 Å². The predicted octanol–water partition coefficient (Wildman–Crippen LogP) is 0.738. The van der Waals surface area contributed by atoms with Gasteiger partial charge in [-0.3, -0.25) is 0 Å². The van der Waals surface area contributed by atoms with Crippen molar-refractivity contribution in [3.8, 4) is 0 Å². The van der Waals surface area contributed by atoms with Gasteiger partial charge in [0.15, 0.2) is 5.65 Å². The Morgan fingerprint density at radius 2 is 2.53 bits per heavy atom. The number of nitrogens with zero attached hydrogens (tertiary/aromatic N) is 3. The first-order valence-corrected chi connectivity index (χ1v) is 4.96. The molecule has 0 atom stereocenters. The molecule has 0 spiro atoms. The van der Waals surface area contributed by atoms with E-state index in [4.69, 9.17) is 0 Å². The van der Waals surface area contributed by atoms with E-state index in [2.05, 4.69) is 43.0 Å². The molecule has 0 aliphatic carbocycles. The van der Waals surface area contributed by atoms with Crippen molar-refractivity contribution in [1.29, 1.82) is 0 Å². The zero-order valence-electron chi connectivity index (χ0n) is 7.70. The maximum atomic E-state index is 11.1. The largest absolute Gasteiger partial charge is 0.365 e. The molecule has 2 aromatic heterocycles. The minimum absolute atomic E-state index is 0.297. The number of rotatable bonds is 3. The number of anilines is 1. The standard InChI is InChI=1S/C8H8BrN5O/c1-5(9)3-10-6-2-7-12-13-8(15)14(7)4-11-6/h2,4,10H,1,3H2,(H,13,15). The number of aromatic amines is 1. The van der Waals surface area contributed by atoms with Crippen molar-refractivity contribution in [2.45, 2.75) is 0 Å². The first-order valence-electron chi connectivity index (χ1n) is 4.17. The van der Waals surface area contributed by atoms with Crippen LogP contribution in [-0.4, -0.2) is 26.1 Å². The fourth-order valence-corrected chi connectivity index (χ4v) is 1.23. The lowest BCUT2D eigenvalue weighted by Gasteiger charge is -2.02. The number of fused-ring (bicyclic) bond motifs is 1. The maximum Gasteiger partial charge on any atom is 0.348 e. The van der Waals surface area contributed by atoms with E-state index in [1.807, 2.05) is 0 Å². The van der Waals surface area contributed by atoms with E-state index < -0.39 is 0 Å². The van der Waals surface area contributed by atoms with Crippen LogP contribution in [0.25, 0.3) is 5.65 Å². The van der Waals surface area contributed by atoms with E-state index in [0.29, 0.717) is 18.0 Å². The molecule has 2 rings (SSSR count). The summed E-state index contributed by atoms with van der Waals surface area (Å²) in [5.74, 6) is 0.641. The second-order valence-electron chi connectivity index (χ2n) is 2.90. The molecule has 0 aromatic carbocycles. The zero-order valence-corrected chi connectivity index (χ0v) is 9.28. The third-order valence-electron chi connectivity index (χ3n) is 1.77. The number of hydrogen-bond donors (Lipinski definition) is 2. The van der Waals surface area contributed by atoms with Crippen molar-refractivity contribution < 1.29 is 0 Å². The topological polar surface area (TPSA) is 75.1 Å². The third-order valence-corrected chi connectivity index (χ3v) is 2.05. The van der Waals surface area contributed by atoms with Gasteiger partial charge in [0.05, 0.1) is 0 Å². The Labute approximate surface area is 93.2 Å². The van der Waals surface area contributed by atoms with Gasteiger partial charge in [0.2, 0.25) is 0 Å². The summed E-state index contributed by atoms with van der Waals surface area (Å²) >= 11 is 3.22. The Morgan fingerprint density at radius 1 is 1.73 bits per heavy atom. The normalized spacial score (nSPS) is 10.5. The molecular weight excluding hydrogens is 262 g/mol. The molecule has 78 valence electrons. The highest BCUT2D eigenvalue weighted by molar-refractivity contribution is 9.11. The van der Waals surface area contributed by atoms with E-state index in [9.17, 15) is 4.79 Å². The molecule has 0 radical (unpaired) electrons. The van der Waals surface area contributed by atoms with Gasteiger partial charge in [-0.2, -0.15) is 5.10 Å². The van der Waals surface area contributed by atoms with Crippen molar-refractivity contribution >= 4 is 27.4 Å². The van der Waals surface area contributed by atoms with Crippen LogP contribution in [0, 0.1) is 0 Å². The molecular formula is C8H8BrN5O. The number of aromatic nitrogens is 4. The average Bonchev–Trinajstić information content (AvgIpc) is 2.57. The molecule has 7 heteroatoms. The number of halogens is 1. The van der Waals surface area contributed by atoms with Gasteiger partial charge in [0.1, 0.15) is 12.1 Å². The summed E-state index contributed by atoms with van der Waals surface area (Å²) in [5, 5.41) is 9.17. The van der Waals surface area contributed by atoms with Gasteiger partial charge < -0.3 is 5.32 Å². The predicted molar refractivity (Wildman–Crippen MR) is 60.2 cm³/mol. The molecule has 0 aliphatic rings. The summed E-state index contributed by atoms with van der Waals surface area (Å²) < 4.78 is 2.15. The molecule has 2 heterocycles. The van der Waals surface area contributed by atoms with E-state index in [-0.39, 0.29) is 5.69 Å². The second kappa shape index (κ2) is 3.85. The summed E-state index contributed by atoms with van der Waals surface area (Å²) in [6, 6.07) is 1.67. The first-order chi connectivity index (χ1) is 7.16. The van der Waals surface area contributed by atoms with Crippen LogP contribution in [0.1, 0.15) is 0 Å². The minimum atomic E-state index is -0.297. The highest BCUT2D eigenvalue weighted by atomic mass is 79.9. The van der Waals surface area contributed by atoms with Gasteiger partial charge in [-0.05, 0) is 0 Å². The Bertz CT molecular complexity index is 557. The average molecular weight is 270 g/mol. The SMILES string of the molecule is C=C(Br)CNc1cc2n[nH]c(=O)n2cn1. The molecule has 15 heavy (non-hydrogen) atoms. The summed E-state index contributed by atoms with van der Waals surface area (Å²) in [6.07, 6.45) is 1.42. The lowest BCUT2D eigenvalue weighted by atomic mass is 10.5. The summed E-state index contributed by atoms with van der Waals surface area (Å²) in [6.45, 7) is 4.25. The zero-order chi connectivity index (χ0) is 10.8. The van der Waals surface area contributed by atoms with Gasteiger partial charge in [-0.25, -0.2) is 19.3 Å². The van der Waals surface area contributed by atoms with Crippen LogP contribution in [0.15, 0.2) is 28.2 Å². The first kappa shape index (κ1) is 9.91. The molecule has 6 nitrogen and oxygen atoms in total. The van der Waals surface area contributed by atoms with E-state index >= 15 is 0 Å². The highest BCUT2D eigenvalue weighted by Gasteiger charge is 2.01. The van der Waals surface area contributed by atoms with Gasteiger partial charge in [0.25, 0.3) is 0 Å². The van der Waals surface area contributed by atoms with Crippen LogP contribution in [0.5, 0.6) is 0 Å². The quantitative estimate of drug-likeness (QED) is 0.862. The number of hydrogen-bond acceptors (Lipinski definition) is 4. The molecule has 0 unspecified atom stereocenters. The Balaban J connectivity index is 2.31. The van der Waals surface area contributed by atoms with E-state index in [1.165, 1.54) is 10.7 Å². The van der Waals surface area contributed by atoms with Crippen LogP contribution in [0.4, 0.5) is 5.82 Å². The minimum Gasteiger partial charge on any atom is -0.365 e. The maximum absolute atomic E-state index is 11.1. The molecule has 0 aliphatic heterocycles. The molecule has 0 amide bonds. The molecule has 2 aromatic rings. The van der Waals surface area contributed by atoms with E-state index in [1.54, 1.807) is 6.07 Å². The Hall–Kier alpha value is -1.63. The van der Waals surface area contributed by atoms with E-state index in [0.717, 1.165) is 4.48 Å². The lowest BCUT2D eigenvalue weighted by Crippen LogP contribution is -2.10. The van der Waals surface area contributed by atoms with Gasteiger partial charge in [-0.1, -0.05) is 22.5 Å².